The van der Waals surface area contributed by atoms with Gasteiger partial charge in [0.15, 0.2) is 0 Å². The minimum Gasteiger partial charge on any atom is -0.494 e. The Morgan fingerprint density at radius 1 is 1.35 bits per heavy atom. The number of carbonyl (C=O) groups is 1. The molecule has 0 radical (unpaired) electrons. The number of rotatable bonds is 7. The second-order valence-electron chi connectivity index (χ2n) is 4.00. The molecule has 1 aromatic carbocycles. The van der Waals surface area contributed by atoms with Gasteiger partial charge in [-0.25, -0.2) is 0 Å². The van der Waals surface area contributed by atoms with Crippen LogP contribution in [0.5, 0.6) is 5.75 Å². The van der Waals surface area contributed by atoms with Gasteiger partial charge in [0.2, 0.25) is 0 Å². The number of carboxylic acid groups (broad SMARTS) is 1. The Labute approximate surface area is 102 Å². The quantitative estimate of drug-likeness (QED) is 0.788. The van der Waals surface area contributed by atoms with Crippen LogP contribution < -0.4 is 4.74 Å². The van der Waals surface area contributed by atoms with E-state index in [2.05, 4.69) is 6.92 Å². The number of unbranched alkanes of at least 4 members (excludes halogenated alkanes) is 1. The van der Waals surface area contributed by atoms with Gasteiger partial charge in [0.05, 0.1) is 12.5 Å². The predicted octanol–water partition coefficient (Wildman–Crippen LogP) is 3.44. The standard InChI is InChI=1S/C14H20O3/c1-3-5-8-12(14(15)16)11-9-6-7-10-13(11)17-4-2/h6-7,9-10,12H,3-5,8H2,1-2H3,(H,15,16). The van der Waals surface area contributed by atoms with Crippen LogP contribution in [0.1, 0.15) is 44.6 Å². The first-order chi connectivity index (χ1) is 8.20. The molecule has 1 aromatic rings. The fraction of sp³-hybridized carbons (Fsp3) is 0.500. The molecule has 3 nitrogen and oxygen atoms in total. The van der Waals surface area contributed by atoms with Crippen molar-refractivity contribution >= 4 is 5.97 Å². The van der Waals surface area contributed by atoms with Crippen molar-refractivity contribution in [3.05, 3.63) is 29.8 Å². The molecule has 17 heavy (non-hydrogen) atoms. The summed E-state index contributed by atoms with van der Waals surface area (Å²) in [6, 6.07) is 7.41. The van der Waals surface area contributed by atoms with Gasteiger partial charge in [-0.3, -0.25) is 4.79 Å². The predicted molar refractivity (Wildman–Crippen MR) is 67.5 cm³/mol. The average Bonchev–Trinajstić information content (AvgIpc) is 2.31. The Morgan fingerprint density at radius 3 is 2.65 bits per heavy atom. The van der Waals surface area contributed by atoms with E-state index in [1.54, 1.807) is 0 Å². The van der Waals surface area contributed by atoms with Crippen molar-refractivity contribution in [2.45, 2.75) is 39.0 Å². The van der Waals surface area contributed by atoms with Crippen LogP contribution in [0, 0.1) is 0 Å². The largest absolute Gasteiger partial charge is 0.494 e. The molecule has 0 aromatic heterocycles. The molecule has 0 amide bonds. The van der Waals surface area contributed by atoms with Gasteiger partial charge < -0.3 is 9.84 Å². The van der Waals surface area contributed by atoms with E-state index in [0.717, 1.165) is 18.4 Å². The number of ether oxygens (including phenoxy) is 1. The highest BCUT2D eigenvalue weighted by molar-refractivity contribution is 5.77. The molecule has 0 spiro atoms. The summed E-state index contributed by atoms with van der Waals surface area (Å²) in [6.45, 7) is 4.52. The summed E-state index contributed by atoms with van der Waals surface area (Å²) in [5.74, 6) is -0.540. The Morgan fingerprint density at radius 2 is 2.06 bits per heavy atom. The highest BCUT2D eigenvalue weighted by Crippen LogP contribution is 2.30. The van der Waals surface area contributed by atoms with Crippen molar-refractivity contribution in [2.75, 3.05) is 6.61 Å². The molecule has 3 heteroatoms. The second-order valence-corrected chi connectivity index (χ2v) is 4.00. The van der Waals surface area contributed by atoms with E-state index in [9.17, 15) is 9.90 Å². The summed E-state index contributed by atoms with van der Waals surface area (Å²) in [5, 5.41) is 9.29. The number of hydrogen-bond donors (Lipinski definition) is 1. The van der Waals surface area contributed by atoms with Crippen LogP contribution in [-0.2, 0) is 4.79 Å². The number of hydrogen-bond acceptors (Lipinski definition) is 2. The molecule has 1 rings (SSSR count). The normalized spacial score (nSPS) is 12.1. The van der Waals surface area contributed by atoms with E-state index in [1.807, 2.05) is 31.2 Å². The molecule has 0 aliphatic carbocycles. The molecular weight excluding hydrogens is 216 g/mol. The van der Waals surface area contributed by atoms with E-state index < -0.39 is 11.9 Å². The Hall–Kier alpha value is -1.51. The lowest BCUT2D eigenvalue weighted by atomic mass is 9.93. The van der Waals surface area contributed by atoms with Gasteiger partial charge in [0.1, 0.15) is 5.75 Å². The van der Waals surface area contributed by atoms with Crippen LogP contribution in [0.2, 0.25) is 0 Å². The van der Waals surface area contributed by atoms with E-state index >= 15 is 0 Å². The average molecular weight is 236 g/mol. The lowest BCUT2D eigenvalue weighted by molar-refractivity contribution is -0.139. The Balaban J connectivity index is 2.95. The highest BCUT2D eigenvalue weighted by atomic mass is 16.5. The number of aliphatic carboxylic acids is 1. The third-order valence-corrected chi connectivity index (χ3v) is 2.74. The summed E-state index contributed by atoms with van der Waals surface area (Å²) in [7, 11) is 0. The summed E-state index contributed by atoms with van der Waals surface area (Å²) in [5.41, 5.74) is 0.787. The molecule has 1 unspecified atom stereocenters. The van der Waals surface area contributed by atoms with E-state index in [4.69, 9.17) is 4.74 Å². The fourth-order valence-corrected chi connectivity index (χ4v) is 1.88. The van der Waals surface area contributed by atoms with Gasteiger partial charge in [-0.1, -0.05) is 38.0 Å². The van der Waals surface area contributed by atoms with Gasteiger partial charge >= 0.3 is 5.97 Å². The zero-order valence-electron chi connectivity index (χ0n) is 10.5. The van der Waals surface area contributed by atoms with Crippen LogP contribution in [0.4, 0.5) is 0 Å². The van der Waals surface area contributed by atoms with E-state index in [1.165, 1.54) is 0 Å². The number of para-hydroxylation sites is 1. The minimum absolute atomic E-state index is 0.460. The first kappa shape index (κ1) is 13.6. The minimum atomic E-state index is -0.773. The van der Waals surface area contributed by atoms with Gasteiger partial charge in [-0.05, 0) is 19.4 Å². The molecule has 0 saturated carbocycles. The molecular formula is C14H20O3. The first-order valence-corrected chi connectivity index (χ1v) is 6.15. The van der Waals surface area contributed by atoms with Crippen molar-refractivity contribution in [1.29, 1.82) is 0 Å². The molecule has 0 fully saturated rings. The Bertz CT molecular complexity index is 360. The molecule has 1 atom stereocenters. The molecule has 1 N–H and O–H groups in total. The third-order valence-electron chi connectivity index (χ3n) is 2.74. The van der Waals surface area contributed by atoms with Gasteiger partial charge in [0, 0.05) is 5.56 Å². The second kappa shape index (κ2) is 6.94. The highest BCUT2D eigenvalue weighted by Gasteiger charge is 2.22. The fourth-order valence-electron chi connectivity index (χ4n) is 1.88. The third kappa shape index (κ3) is 3.77. The number of carboxylic acids is 1. The smallest absolute Gasteiger partial charge is 0.311 e. The number of benzene rings is 1. The van der Waals surface area contributed by atoms with Crippen molar-refractivity contribution in [3.8, 4) is 5.75 Å². The SMILES string of the molecule is CCCCC(C(=O)O)c1ccccc1OCC. The van der Waals surface area contributed by atoms with Crippen LogP contribution in [-0.4, -0.2) is 17.7 Å². The van der Waals surface area contributed by atoms with Gasteiger partial charge in [0.25, 0.3) is 0 Å². The van der Waals surface area contributed by atoms with Gasteiger partial charge in [-0.2, -0.15) is 0 Å². The molecule has 0 heterocycles. The zero-order chi connectivity index (χ0) is 12.7. The molecule has 0 aliphatic heterocycles. The summed E-state index contributed by atoms with van der Waals surface area (Å²) >= 11 is 0. The molecule has 0 bridgehead atoms. The Kier molecular flexibility index (Phi) is 5.53. The zero-order valence-corrected chi connectivity index (χ0v) is 10.5. The monoisotopic (exact) mass is 236 g/mol. The van der Waals surface area contributed by atoms with Gasteiger partial charge in [-0.15, -0.1) is 0 Å². The van der Waals surface area contributed by atoms with Crippen LogP contribution in [0.15, 0.2) is 24.3 Å². The van der Waals surface area contributed by atoms with Crippen LogP contribution in [0.3, 0.4) is 0 Å². The first-order valence-electron chi connectivity index (χ1n) is 6.15. The van der Waals surface area contributed by atoms with Crippen molar-refractivity contribution in [3.63, 3.8) is 0 Å². The summed E-state index contributed by atoms with van der Waals surface area (Å²) in [4.78, 5) is 11.3. The maximum absolute atomic E-state index is 11.3. The summed E-state index contributed by atoms with van der Waals surface area (Å²) in [6.07, 6.45) is 2.58. The van der Waals surface area contributed by atoms with E-state index in [0.29, 0.717) is 18.8 Å². The molecule has 0 aliphatic rings. The topological polar surface area (TPSA) is 46.5 Å². The molecule has 94 valence electrons. The molecule has 0 saturated heterocycles. The van der Waals surface area contributed by atoms with E-state index in [-0.39, 0.29) is 0 Å². The van der Waals surface area contributed by atoms with Crippen molar-refractivity contribution in [2.24, 2.45) is 0 Å². The van der Waals surface area contributed by atoms with Crippen molar-refractivity contribution in [1.82, 2.24) is 0 Å². The van der Waals surface area contributed by atoms with Crippen molar-refractivity contribution < 1.29 is 14.6 Å². The van der Waals surface area contributed by atoms with Crippen LogP contribution >= 0.6 is 0 Å². The lowest BCUT2D eigenvalue weighted by Gasteiger charge is -2.16. The summed E-state index contributed by atoms with van der Waals surface area (Å²) < 4.78 is 5.48. The lowest BCUT2D eigenvalue weighted by Crippen LogP contribution is -2.13. The maximum atomic E-state index is 11.3. The maximum Gasteiger partial charge on any atom is 0.311 e. The van der Waals surface area contributed by atoms with Crippen LogP contribution in [0.25, 0.3) is 0 Å².